The second-order valence-corrected chi connectivity index (χ2v) is 7.57. The van der Waals surface area contributed by atoms with Crippen LogP contribution in [0.3, 0.4) is 0 Å². The molecular weight excluding hydrogens is 398 g/mol. The SMILES string of the molecule is COc1ccnc(N2CCN(CCCCN3C(=O)COc4ccccc4C3=O)CC2)n1. The van der Waals surface area contributed by atoms with Crippen LogP contribution in [0.25, 0.3) is 0 Å². The molecule has 2 aromatic rings. The molecule has 0 unspecified atom stereocenters. The Balaban J connectivity index is 1.22. The number of amides is 2. The molecule has 2 amide bonds. The minimum absolute atomic E-state index is 0.100. The summed E-state index contributed by atoms with van der Waals surface area (Å²) in [6, 6.07) is 8.75. The zero-order valence-electron chi connectivity index (χ0n) is 17.7. The van der Waals surface area contributed by atoms with Gasteiger partial charge in [0.05, 0.1) is 12.7 Å². The van der Waals surface area contributed by atoms with Crippen LogP contribution in [0.4, 0.5) is 5.95 Å². The lowest BCUT2D eigenvalue weighted by Crippen LogP contribution is -2.47. The van der Waals surface area contributed by atoms with Gasteiger partial charge in [0.2, 0.25) is 11.8 Å². The predicted octanol–water partition coefficient (Wildman–Crippen LogP) is 1.45. The average Bonchev–Trinajstić information content (AvgIpc) is 2.94. The zero-order chi connectivity index (χ0) is 21.6. The van der Waals surface area contributed by atoms with Crippen LogP contribution in [0.1, 0.15) is 23.2 Å². The van der Waals surface area contributed by atoms with Gasteiger partial charge in [-0.05, 0) is 31.5 Å². The quantitative estimate of drug-likeness (QED) is 0.487. The van der Waals surface area contributed by atoms with Crippen LogP contribution in [0, 0.1) is 0 Å². The van der Waals surface area contributed by atoms with Crippen LogP contribution in [0.5, 0.6) is 11.6 Å². The summed E-state index contributed by atoms with van der Waals surface area (Å²) in [6.07, 6.45) is 3.39. The van der Waals surface area contributed by atoms with Crippen molar-refractivity contribution in [1.29, 1.82) is 0 Å². The van der Waals surface area contributed by atoms with Crippen molar-refractivity contribution in [2.45, 2.75) is 12.8 Å². The molecule has 0 bridgehead atoms. The summed E-state index contributed by atoms with van der Waals surface area (Å²) in [6.45, 7) is 4.78. The van der Waals surface area contributed by atoms with Crippen molar-refractivity contribution in [3.8, 4) is 11.6 Å². The fourth-order valence-corrected chi connectivity index (χ4v) is 3.85. The lowest BCUT2D eigenvalue weighted by molar-refractivity contribution is -0.130. The number of imide groups is 1. The highest BCUT2D eigenvalue weighted by atomic mass is 16.5. The van der Waals surface area contributed by atoms with E-state index in [2.05, 4.69) is 19.8 Å². The highest BCUT2D eigenvalue weighted by Crippen LogP contribution is 2.23. The number of benzene rings is 1. The summed E-state index contributed by atoms with van der Waals surface area (Å²) in [5, 5.41) is 0. The molecule has 2 aliphatic rings. The van der Waals surface area contributed by atoms with Gasteiger partial charge in [0.25, 0.3) is 11.8 Å². The first-order valence-electron chi connectivity index (χ1n) is 10.6. The molecule has 1 fully saturated rings. The van der Waals surface area contributed by atoms with Crippen molar-refractivity contribution < 1.29 is 19.1 Å². The van der Waals surface area contributed by atoms with E-state index in [0.717, 1.165) is 45.6 Å². The second-order valence-electron chi connectivity index (χ2n) is 7.57. The van der Waals surface area contributed by atoms with E-state index in [9.17, 15) is 9.59 Å². The number of hydrogen-bond acceptors (Lipinski definition) is 8. The third-order valence-corrected chi connectivity index (χ3v) is 5.60. The number of methoxy groups -OCH3 is 1. The van der Waals surface area contributed by atoms with Crippen LogP contribution in [-0.2, 0) is 4.79 Å². The highest BCUT2D eigenvalue weighted by molar-refractivity contribution is 6.07. The summed E-state index contributed by atoms with van der Waals surface area (Å²) < 4.78 is 10.7. The molecule has 0 N–H and O–H groups in total. The number of unbranched alkanes of at least 4 members (excludes halogenated alkanes) is 1. The molecule has 1 aromatic heterocycles. The minimum Gasteiger partial charge on any atom is -0.483 e. The standard InChI is InChI=1S/C22H27N5O4/c1-30-19-8-9-23-22(24-19)26-14-12-25(13-15-26)10-4-5-11-27-20(28)16-31-18-7-3-2-6-17(18)21(27)29/h2-3,6-9H,4-5,10-16H2,1H3. The van der Waals surface area contributed by atoms with E-state index < -0.39 is 0 Å². The number of para-hydroxylation sites is 1. The Morgan fingerprint density at radius 3 is 2.61 bits per heavy atom. The fourth-order valence-electron chi connectivity index (χ4n) is 3.85. The summed E-state index contributed by atoms with van der Waals surface area (Å²) in [5.41, 5.74) is 0.448. The lowest BCUT2D eigenvalue weighted by Gasteiger charge is -2.34. The molecule has 3 heterocycles. The third kappa shape index (κ3) is 4.93. The number of carbonyl (C=O) groups is 2. The Labute approximate surface area is 181 Å². The molecule has 2 aliphatic heterocycles. The van der Waals surface area contributed by atoms with Crippen molar-refractivity contribution in [3.63, 3.8) is 0 Å². The Bertz CT molecular complexity index is 930. The summed E-state index contributed by atoms with van der Waals surface area (Å²) in [4.78, 5) is 39.7. The van der Waals surface area contributed by atoms with Crippen LogP contribution in [0.15, 0.2) is 36.5 Å². The number of fused-ring (bicyclic) bond motifs is 1. The fraction of sp³-hybridized carbons (Fsp3) is 0.455. The third-order valence-electron chi connectivity index (χ3n) is 5.60. The molecule has 9 heteroatoms. The largest absolute Gasteiger partial charge is 0.483 e. The predicted molar refractivity (Wildman–Crippen MR) is 114 cm³/mol. The van der Waals surface area contributed by atoms with Gasteiger partial charge >= 0.3 is 0 Å². The van der Waals surface area contributed by atoms with Gasteiger partial charge in [-0.2, -0.15) is 4.98 Å². The summed E-state index contributed by atoms with van der Waals surface area (Å²) in [7, 11) is 1.60. The lowest BCUT2D eigenvalue weighted by atomic mass is 10.1. The van der Waals surface area contributed by atoms with Gasteiger partial charge < -0.3 is 14.4 Å². The monoisotopic (exact) mass is 425 g/mol. The normalized spacial score (nSPS) is 17.2. The molecule has 0 spiro atoms. The molecule has 0 atom stereocenters. The number of piperazine rings is 1. The number of anilines is 1. The van der Waals surface area contributed by atoms with Gasteiger partial charge in [0.1, 0.15) is 5.75 Å². The van der Waals surface area contributed by atoms with Crippen molar-refractivity contribution in [2.24, 2.45) is 0 Å². The smallest absolute Gasteiger partial charge is 0.267 e. The van der Waals surface area contributed by atoms with Gasteiger partial charge in [-0.3, -0.25) is 19.4 Å². The van der Waals surface area contributed by atoms with Crippen molar-refractivity contribution in [1.82, 2.24) is 19.8 Å². The van der Waals surface area contributed by atoms with E-state index in [1.54, 1.807) is 43.6 Å². The van der Waals surface area contributed by atoms with E-state index in [4.69, 9.17) is 9.47 Å². The van der Waals surface area contributed by atoms with E-state index in [-0.39, 0.29) is 18.4 Å². The molecule has 0 saturated carbocycles. The van der Waals surface area contributed by atoms with E-state index >= 15 is 0 Å². The zero-order valence-corrected chi connectivity index (χ0v) is 17.7. The Morgan fingerprint density at radius 2 is 1.81 bits per heavy atom. The molecule has 164 valence electrons. The first-order valence-corrected chi connectivity index (χ1v) is 10.6. The second kappa shape index (κ2) is 9.74. The number of aromatic nitrogens is 2. The molecule has 1 saturated heterocycles. The number of rotatable bonds is 7. The molecule has 31 heavy (non-hydrogen) atoms. The molecule has 0 aliphatic carbocycles. The van der Waals surface area contributed by atoms with Crippen molar-refractivity contribution in [2.75, 3.05) is 57.9 Å². The molecule has 0 radical (unpaired) electrons. The van der Waals surface area contributed by atoms with E-state index in [1.165, 1.54) is 4.90 Å². The van der Waals surface area contributed by atoms with Crippen molar-refractivity contribution >= 4 is 17.8 Å². The van der Waals surface area contributed by atoms with E-state index in [0.29, 0.717) is 29.7 Å². The number of nitrogens with zero attached hydrogens (tertiary/aromatic N) is 5. The van der Waals surface area contributed by atoms with Crippen LogP contribution in [-0.4, -0.2) is 84.6 Å². The maximum atomic E-state index is 12.7. The van der Waals surface area contributed by atoms with Gasteiger partial charge in [-0.1, -0.05) is 12.1 Å². The van der Waals surface area contributed by atoms with E-state index in [1.807, 2.05) is 0 Å². The first kappa shape index (κ1) is 21.0. The molecule has 4 rings (SSSR count). The summed E-state index contributed by atoms with van der Waals surface area (Å²) in [5.74, 6) is 1.18. The van der Waals surface area contributed by atoms with Crippen LogP contribution >= 0.6 is 0 Å². The van der Waals surface area contributed by atoms with Crippen LogP contribution in [0.2, 0.25) is 0 Å². The maximum absolute atomic E-state index is 12.7. The topological polar surface area (TPSA) is 88.1 Å². The number of hydrogen-bond donors (Lipinski definition) is 0. The van der Waals surface area contributed by atoms with Crippen molar-refractivity contribution in [3.05, 3.63) is 42.1 Å². The molecule has 1 aromatic carbocycles. The minimum atomic E-state index is -0.284. The Hall–Kier alpha value is -3.20. The number of carbonyl (C=O) groups excluding carboxylic acids is 2. The Kier molecular flexibility index (Phi) is 6.61. The van der Waals surface area contributed by atoms with Gasteiger partial charge in [-0.15, -0.1) is 0 Å². The highest BCUT2D eigenvalue weighted by Gasteiger charge is 2.29. The van der Waals surface area contributed by atoms with Gasteiger partial charge in [-0.25, -0.2) is 4.98 Å². The first-order chi connectivity index (χ1) is 15.2. The average molecular weight is 425 g/mol. The Morgan fingerprint density at radius 1 is 1.03 bits per heavy atom. The van der Waals surface area contributed by atoms with Gasteiger partial charge in [0, 0.05) is 45.0 Å². The molecule has 9 nitrogen and oxygen atoms in total. The van der Waals surface area contributed by atoms with Gasteiger partial charge in [0.15, 0.2) is 6.61 Å². The van der Waals surface area contributed by atoms with Crippen LogP contribution < -0.4 is 14.4 Å². The number of ether oxygens (including phenoxy) is 2. The summed E-state index contributed by atoms with van der Waals surface area (Å²) >= 11 is 0. The molecular formula is C22H27N5O4. The maximum Gasteiger partial charge on any atom is 0.267 e.